The lowest BCUT2D eigenvalue weighted by molar-refractivity contribution is -0.138. The summed E-state index contributed by atoms with van der Waals surface area (Å²) in [6.45, 7) is 1.60. The zero-order valence-electron chi connectivity index (χ0n) is 20.0. The minimum absolute atomic E-state index is 0.0168. The second kappa shape index (κ2) is 8.65. The van der Waals surface area contributed by atoms with E-state index in [-0.39, 0.29) is 52.6 Å². The van der Waals surface area contributed by atoms with Crippen molar-refractivity contribution in [3.63, 3.8) is 0 Å². The van der Waals surface area contributed by atoms with Gasteiger partial charge in [-0.3, -0.25) is 9.59 Å². The van der Waals surface area contributed by atoms with Crippen molar-refractivity contribution in [3.05, 3.63) is 52.4 Å². The van der Waals surface area contributed by atoms with Gasteiger partial charge in [-0.15, -0.1) is 0 Å². The fourth-order valence-electron chi connectivity index (χ4n) is 5.37. The number of aryl methyl sites for hydroxylation is 1. The monoisotopic (exact) mass is 587 g/mol. The third-order valence-electron chi connectivity index (χ3n) is 7.29. The van der Waals surface area contributed by atoms with Crippen LogP contribution in [0, 0.1) is 12.8 Å². The fraction of sp³-hybridized carbons (Fsp3) is 0.320. The molecule has 0 spiro atoms. The van der Waals surface area contributed by atoms with E-state index in [9.17, 15) is 22.8 Å². The van der Waals surface area contributed by atoms with E-state index in [4.69, 9.17) is 5.73 Å². The number of pyridine rings is 1. The van der Waals surface area contributed by atoms with Crippen LogP contribution in [0.3, 0.4) is 0 Å². The number of anilines is 2. The zero-order valence-corrected chi connectivity index (χ0v) is 21.5. The number of nitrogens with one attached hydrogen (secondary N) is 1. The second-order valence-corrected chi connectivity index (χ2v) is 10.5. The SMILES string of the molecule is Cc1ccc(Br)nc1NC(=O)[C@@H]1C[C@H]2C[C@H]2N1C(=O)Cn1c2ccc(C(F)(F)F)cc2c2c(N)ncnc21. The van der Waals surface area contributed by atoms with E-state index in [0.29, 0.717) is 22.4 Å². The summed E-state index contributed by atoms with van der Waals surface area (Å²) < 4.78 is 42.4. The van der Waals surface area contributed by atoms with E-state index in [1.165, 1.54) is 17.0 Å². The summed E-state index contributed by atoms with van der Waals surface area (Å²) >= 11 is 3.30. The number of nitrogens with two attached hydrogens (primary N) is 1. The standard InChI is InChI=1S/C25H21BrF3N7O2/c1-11-2-5-18(26)33-22(11)34-24(38)17-7-12-6-16(12)36(17)19(37)9-35-15-4-3-13(25(27,28)29)8-14(15)20-21(30)31-10-32-23(20)35/h2-5,8,10,12,16-17H,6-7,9H2,1H3,(H2,30,31,32)(H,33,34,38)/t12-,16-,17+/m1/s1. The maximum Gasteiger partial charge on any atom is 0.416 e. The third-order valence-corrected chi connectivity index (χ3v) is 7.73. The first-order valence-electron chi connectivity index (χ1n) is 11.9. The molecule has 9 nitrogen and oxygen atoms in total. The summed E-state index contributed by atoms with van der Waals surface area (Å²) in [7, 11) is 0. The van der Waals surface area contributed by atoms with Crippen LogP contribution in [0.2, 0.25) is 0 Å². The average Bonchev–Trinajstić information content (AvgIpc) is 3.40. The van der Waals surface area contributed by atoms with Crippen molar-refractivity contribution >= 4 is 61.3 Å². The van der Waals surface area contributed by atoms with Crippen molar-refractivity contribution in [1.29, 1.82) is 0 Å². The lowest BCUT2D eigenvalue weighted by Crippen LogP contribution is -2.46. The van der Waals surface area contributed by atoms with Gasteiger partial charge >= 0.3 is 6.18 Å². The number of halogens is 4. The van der Waals surface area contributed by atoms with Gasteiger partial charge < -0.3 is 20.5 Å². The third kappa shape index (κ3) is 4.05. The maximum atomic E-state index is 13.7. The predicted molar refractivity (Wildman–Crippen MR) is 137 cm³/mol. The molecule has 0 bridgehead atoms. The Labute approximate surface area is 222 Å². The predicted octanol–water partition coefficient (Wildman–Crippen LogP) is 4.28. The highest BCUT2D eigenvalue weighted by atomic mass is 79.9. The van der Waals surface area contributed by atoms with E-state index in [1.807, 2.05) is 13.0 Å². The molecule has 3 N–H and O–H groups in total. The molecule has 2 fully saturated rings. The molecule has 3 aromatic heterocycles. The van der Waals surface area contributed by atoms with Crippen molar-refractivity contribution in [2.75, 3.05) is 11.1 Å². The molecule has 13 heteroatoms. The first kappa shape index (κ1) is 24.6. The highest BCUT2D eigenvalue weighted by Gasteiger charge is 2.56. The Bertz CT molecular complexity index is 1640. The smallest absolute Gasteiger partial charge is 0.383 e. The number of rotatable bonds is 4. The molecule has 196 valence electrons. The minimum atomic E-state index is -4.55. The number of benzene rings is 1. The van der Waals surface area contributed by atoms with E-state index in [0.717, 1.165) is 24.1 Å². The number of nitrogen functional groups attached to an aromatic ring is 1. The molecule has 2 amide bonds. The van der Waals surface area contributed by atoms with Crippen LogP contribution in [-0.4, -0.2) is 48.3 Å². The van der Waals surface area contributed by atoms with Crippen molar-refractivity contribution in [3.8, 4) is 0 Å². The summed E-state index contributed by atoms with van der Waals surface area (Å²) in [5.74, 6) is 0.0000307. The number of likely N-dealkylation sites (tertiary alicyclic amines) is 1. The maximum absolute atomic E-state index is 13.7. The zero-order chi connectivity index (χ0) is 26.9. The van der Waals surface area contributed by atoms with Crippen molar-refractivity contribution in [2.45, 2.75) is 44.6 Å². The van der Waals surface area contributed by atoms with Crippen LogP contribution in [0.4, 0.5) is 24.8 Å². The number of hydrogen-bond acceptors (Lipinski definition) is 6. The van der Waals surface area contributed by atoms with Gasteiger partial charge in [-0.1, -0.05) is 6.07 Å². The molecule has 6 rings (SSSR count). The molecule has 1 aliphatic heterocycles. The molecule has 4 heterocycles. The van der Waals surface area contributed by atoms with Crippen molar-refractivity contribution in [1.82, 2.24) is 24.4 Å². The molecule has 1 aromatic carbocycles. The number of carbonyl (C=O) groups excluding carboxylic acids is 2. The van der Waals surface area contributed by atoms with Gasteiger partial charge in [0.2, 0.25) is 11.8 Å². The van der Waals surface area contributed by atoms with Crippen LogP contribution in [0.1, 0.15) is 24.0 Å². The summed E-state index contributed by atoms with van der Waals surface area (Å²) in [4.78, 5) is 41.0. The van der Waals surface area contributed by atoms with Crippen LogP contribution in [0.15, 0.2) is 41.3 Å². The second-order valence-electron chi connectivity index (χ2n) is 9.68. The lowest BCUT2D eigenvalue weighted by atomic mass is 10.1. The molecular weight excluding hydrogens is 567 g/mol. The van der Waals surface area contributed by atoms with Crippen LogP contribution in [0.5, 0.6) is 0 Å². The Kier molecular flexibility index (Phi) is 5.60. The van der Waals surface area contributed by atoms with Gasteiger partial charge in [0, 0.05) is 11.4 Å². The van der Waals surface area contributed by atoms with Gasteiger partial charge in [-0.25, -0.2) is 15.0 Å². The first-order chi connectivity index (χ1) is 18.0. The Morgan fingerprint density at radius 1 is 1.18 bits per heavy atom. The van der Waals surface area contributed by atoms with Gasteiger partial charge in [0.1, 0.15) is 40.8 Å². The molecule has 1 saturated heterocycles. The molecule has 2 aliphatic rings. The molecule has 1 saturated carbocycles. The Hall–Kier alpha value is -3.74. The Balaban J connectivity index is 1.34. The van der Waals surface area contributed by atoms with Crippen LogP contribution < -0.4 is 11.1 Å². The van der Waals surface area contributed by atoms with Crippen LogP contribution >= 0.6 is 15.9 Å². The van der Waals surface area contributed by atoms with Gasteiger partial charge in [0.05, 0.1) is 16.5 Å². The summed E-state index contributed by atoms with van der Waals surface area (Å²) in [6, 6.07) is 6.11. The number of amides is 2. The number of fused-ring (bicyclic) bond motifs is 4. The lowest BCUT2D eigenvalue weighted by Gasteiger charge is -2.27. The summed E-state index contributed by atoms with van der Waals surface area (Å²) in [5, 5.41) is 3.29. The van der Waals surface area contributed by atoms with E-state index < -0.39 is 17.8 Å². The average molecular weight is 588 g/mol. The quantitative estimate of drug-likeness (QED) is 0.344. The Morgan fingerprint density at radius 2 is 1.97 bits per heavy atom. The first-order valence-corrected chi connectivity index (χ1v) is 12.7. The fourth-order valence-corrected chi connectivity index (χ4v) is 5.68. The van der Waals surface area contributed by atoms with Crippen molar-refractivity contribution in [2.24, 2.45) is 5.92 Å². The summed E-state index contributed by atoms with van der Waals surface area (Å²) in [6.07, 6.45) is -2.01. The number of alkyl halides is 3. The van der Waals surface area contributed by atoms with Gasteiger partial charge in [-0.2, -0.15) is 13.2 Å². The number of carbonyl (C=O) groups is 2. The van der Waals surface area contributed by atoms with Gasteiger partial charge in [0.25, 0.3) is 0 Å². The minimum Gasteiger partial charge on any atom is -0.383 e. The molecule has 4 aromatic rings. The van der Waals surface area contributed by atoms with E-state index in [1.54, 1.807) is 11.0 Å². The van der Waals surface area contributed by atoms with Crippen LogP contribution in [-0.2, 0) is 22.3 Å². The highest BCUT2D eigenvalue weighted by molar-refractivity contribution is 9.10. The molecule has 3 atom stereocenters. The number of hydrogen-bond donors (Lipinski definition) is 2. The van der Waals surface area contributed by atoms with Crippen molar-refractivity contribution < 1.29 is 22.8 Å². The molecule has 0 radical (unpaired) electrons. The van der Waals surface area contributed by atoms with Gasteiger partial charge in [0.15, 0.2) is 0 Å². The molecular formula is C25H21BrF3N7O2. The largest absolute Gasteiger partial charge is 0.416 e. The normalized spacial score (nSPS) is 20.7. The Morgan fingerprint density at radius 3 is 2.74 bits per heavy atom. The highest BCUT2D eigenvalue weighted by Crippen LogP contribution is 2.48. The number of nitrogens with zero attached hydrogens (tertiary/aromatic N) is 5. The van der Waals surface area contributed by atoms with Crippen LogP contribution in [0.25, 0.3) is 21.9 Å². The number of aromatic nitrogens is 4. The summed E-state index contributed by atoms with van der Waals surface area (Å²) in [5.41, 5.74) is 6.59. The molecule has 0 unspecified atom stereocenters. The molecule has 1 aliphatic carbocycles. The number of piperidine rings is 1. The van der Waals surface area contributed by atoms with Gasteiger partial charge in [-0.05, 0) is 71.4 Å². The van der Waals surface area contributed by atoms with E-state index >= 15 is 0 Å². The van der Waals surface area contributed by atoms with E-state index in [2.05, 4.69) is 36.2 Å². The molecule has 38 heavy (non-hydrogen) atoms. The topological polar surface area (TPSA) is 119 Å².